The summed E-state index contributed by atoms with van der Waals surface area (Å²) in [6.45, 7) is 5.26. The lowest BCUT2D eigenvalue weighted by atomic mass is 10.1. The van der Waals surface area contributed by atoms with Crippen LogP contribution in [0.4, 0.5) is 5.69 Å². The molecule has 2 aliphatic rings. The Kier molecular flexibility index (Phi) is 5.41. The molecule has 1 N–H and O–H groups in total. The van der Waals surface area contributed by atoms with Crippen LogP contribution in [-0.2, 0) is 9.47 Å². The summed E-state index contributed by atoms with van der Waals surface area (Å²) in [5.74, 6) is -0.00486. The van der Waals surface area contributed by atoms with Gasteiger partial charge in [0.15, 0.2) is 0 Å². The van der Waals surface area contributed by atoms with Crippen molar-refractivity contribution in [1.29, 1.82) is 0 Å². The lowest BCUT2D eigenvalue weighted by Crippen LogP contribution is -2.49. The van der Waals surface area contributed by atoms with E-state index in [-0.39, 0.29) is 18.1 Å². The van der Waals surface area contributed by atoms with Gasteiger partial charge in [-0.1, -0.05) is 11.6 Å². The van der Waals surface area contributed by atoms with Crippen molar-refractivity contribution in [2.24, 2.45) is 0 Å². The Balaban J connectivity index is 1.75. The maximum absolute atomic E-state index is 12.9. The summed E-state index contributed by atoms with van der Waals surface area (Å²) in [4.78, 5) is 14.8. The molecule has 0 spiro atoms. The topological polar surface area (TPSA) is 50.8 Å². The van der Waals surface area contributed by atoms with Crippen LogP contribution in [0.2, 0.25) is 5.02 Å². The van der Waals surface area contributed by atoms with Gasteiger partial charge in [-0.3, -0.25) is 4.79 Å². The number of nitrogens with one attached hydrogen (secondary N) is 1. The first-order chi connectivity index (χ1) is 11.2. The molecule has 0 radical (unpaired) electrons. The smallest absolute Gasteiger partial charge is 0.256 e. The van der Waals surface area contributed by atoms with Crippen molar-refractivity contribution < 1.29 is 14.3 Å². The van der Waals surface area contributed by atoms with Crippen LogP contribution in [0.15, 0.2) is 18.2 Å². The fraction of sp³-hybridized carbons (Fsp3) is 0.588. The van der Waals surface area contributed by atoms with Gasteiger partial charge in [0.25, 0.3) is 5.91 Å². The number of carbonyl (C=O) groups is 1. The molecule has 1 aromatic carbocycles. The minimum Gasteiger partial charge on any atom is -0.385 e. The first-order valence-electron chi connectivity index (χ1n) is 8.25. The maximum atomic E-state index is 12.9. The minimum absolute atomic E-state index is 0.00486. The third-order valence-corrected chi connectivity index (χ3v) is 4.57. The van der Waals surface area contributed by atoms with Crippen LogP contribution in [0.3, 0.4) is 0 Å². The lowest BCUT2D eigenvalue weighted by molar-refractivity contribution is -0.0867. The van der Waals surface area contributed by atoms with Crippen LogP contribution in [0.5, 0.6) is 0 Å². The molecule has 2 saturated heterocycles. The molecule has 6 heteroatoms. The van der Waals surface area contributed by atoms with Crippen molar-refractivity contribution in [3.63, 3.8) is 0 Å². The van der Waals surface area contributed by atoms with E-state index < -0.39 is 0 Å². The first-order valence-corrected chi connectivity index (χ1v) is 8.62. The van der Waals surface area contributed by atoms with E-state index in [1.165, 1.54) is 0 Å². The van der Waals surface area contributed by atoms with Crippen molar-refractivity contribution in [1.82, 2.24) is 4.90 Å². The van der Waals surface area contributed by atoms with Gasteiger partial charge in [0.05, 0.1) is 18.3 Å². The summed E-state index contributed by atoms with van der Waals surface area (Å²) in [6, 6.07) is 5.39. The van der Waals surface area contributed by atoms with E-state index >= 15 is 0 Å². The Morgan fingerprint density at radius 3 is 2.91 bits per heavy atom. The highest BCUT2D eigenvalue weighted by Crippen LogP contribution is 2.25. The molecule has 126 valence electrons. The van der Waals surface area contributed by atoms with Crippen molar-refractivity contribution in [3.8, 4) is 0 Å². The van der Waals surface area contributed by atoms with Gasteiger partial charge in [0.2, 0.25) is 0 Å². The number of carbonyl (C=O) groups excluding carboxylic acids is 1. The quantitative estimate of drug-likeness (QED) is 0.917. The zero-order valence-electron chi connectivity index (χ0n) is 13.4. The van der Waals surface area contributed by atoms with E-state index in [4.69, 9.17) is 21.1 Å². The third kappa shape index (κ3) is 3.79. The molecule has 0 bridgehead atoms. The minimum atomic E-state index is -0.0306. The maximum Gasteiger partial charge on any atom is 0.256 e. The average Bonchev–Trinajstić information content (AvgIpc) is 3.11. The highest BCUT2D eigenvalue weighted by Gasteiger charge is 2.33. The van der Waals surface area contributed by atoms with Crippen molar-refractivity contribution in [3.05, 3.63) is 28.8 Å². The van der Waals surface area contributed by atoms with Crippen LogP contribution < -0.4 is 5.32 Å². The number of amides is 1. The lowest BCUT2D eigenvalue weighted by Gasteiger charge is -2.35. The van der Waals surface area contributed by atoms with Crippen LogP contribution in [-0.4, -0.2) is 55.9 Å². The van der Waals surface area contributed by atoms with Crippen LogP contribution in [0.1, 0.15) is 30.1 Å². The molecule has 5 nitrogen and oxygen atoms in total. The van der Waals surface area contributed by atoms with Gasteiger partial charge in [-0.2, -0.15) is 0 Å². The molecule has 0 aliphatic carbocycles. The van der Waals surface area contributed by atoms with E-state index in [1.54, 1.807) is 12.1 Å². The van der Waals surface area contributed by atoms with Gasteiger partial charge in [-0.25, -0.2) is 0 Å². The number of morpholine rings is 1. The number of nitrogens with zero attached hydrogens (tertiary/aromatic N) is 1. The summed E-state index contributed by atoms with van der Waals surface area (Å²) in [7, 11) is 0. The Hall–Kier alpha value is -1.30. The molecular formula is C17H23ClN2O3. The summed E-state index contributed by atoms with van der Waals surface area (Å²) in [5, 5.41) is 3.80. The van der Waals surface area contributed by atoms with E-state index in [1.807, 2.05) is 17.9 Å². The Morgan fingerprint density at radius 2 is 2.17 bits per heavy atom. The first kappa shape index (κ1) is 16.6. The second kappa shape index (κ2) is 7.51. The Labute approximate surface area is 141 Å². The predicted molar refractivity (Wildman–Crippen MR) is 90.2 cm³/mol. The average molecular weight is 339 g/mol. The summed E-state index contributed by atoms with van der Waals surface area (Å²) >= 11 is 6.09. The standard InChI is InChI=1S/C17H23ClN2O3/c1-2-19-14-6-5-12(18)10-13(14)17(21)20-7-9-23-16(11-20)15-4-3-8-22-15/h5-6,10,15-16,19H,2-4,7-9,11H2,1H3/t15-,16+/m1/s1. The van der Waals surface area contributed by atoms with Gasteiger partial charge >= 0.3 is 0 Å². The molecule has 23 heavy (non-hydrogen) atoms. The van der Waals surface area contributed by atoms with Gasteiger partial charge < -0.3 is 19.7 Å². The highest BCUT2D eigenvalue weighted by atomic mass is 35.5. The van der Waals surface area contributed by atoms with Gasteiger partial charge in [-0.15, -0.1) is 0 Å². The van der Waals surface area contributed by atoms with Gasteiger partial charge in [0.1, 0.15) is 6.10 Å². The van der Waals surface area contributed by atoms with E-state index in [0.29, 0.717) is 30.3 Å². The van der Waals surface area contributed by atoms with Gasteiger partial charge in [-0.05, 0) is 38.0 Å². The van der Waals surface area contributed by atoms with E-state index in [9.17, 15) is 4.79 Å². The van der Waals surface area contributed by atoms with Crippen molar-refractivity contribution in [2.75, 3.05) is 38.2 Å². The fourth-order valence-corrected chi connectivity index (χ4v) is 3.36. The number of rotatable bonds is 4. The zero-order valence-corrected chi connectivity index (χ0v) is 14.1. The molecule has 2 atom stereocenters. The number of hydrogen-bond acceptors (Lipinski definition) is 4. The fourth-order valence-electron chi connectivity index (χ4n) is 3.19. The number of halogens is 1. The molecule has 2 aliphatic heterocycles. The molecule has 2 heterocycles. The zero-order chi connectivity index (χ0) is 16.2. The largest absolute Gasteiger partial charge is 0.385 e. The molecule has 0 aromatic heterocycles. The summed E-state index contributed by atoms with van der Waals surface area (Å²) < 4.78 is 11.5. The molecule has 0 unspecified atom stereocenters. The number of hydrogen-bond donors (Lipinski definition) is 1. The van der Waals surface area contributed by atoms with Gasteiger partial charge in [0, 0.05) is 37.0 Å². The Morgan fingerprint density at radius 1 is 1.35 bits per heavy atom. The normalized spacial score (nSPS) is 24.7. The molecule has 1 aromatic rings. The number of benzene rings is 1. The van der Waals surface area contributed by atoms with Crippen LogP contribution in [0, 0.1) is 0 Å². The van der Waals surface area contributed by atoms with Crippen molar-refractivity contribution in [2.45, 2.75) is 32.0 Å². The predicted octanol–water partition coefficient (Wildman–Crippen LogP) is 2.79. The molecule has 0 saturated carbocycles. The second-order valence-corrected chi connectivity index (χ2v) is 6.37. The monoisotopic (exact) mass is 338 g/mol. The molecular weight excluding hydrogens is 316 g/mol. The highest BCUT2D eigenvalue weighted by molar-refractivity contribution is 6.31. The SMILES string of the molecule is CCNc1ccc(Cl)cc1C(=O)N1CCO[C@H]([C@H]2CCCO2)C1. The van der Waals surface area contributed by atoms with Crippen molar-refractivity contribution >= 4 is 23.2 Å². The Bertz CT molecular complexity index is 561. The second-order valence-electron chi connectivity index (χ2n) is 5.93. The third-order valence-electron chi connectivity index (χ3n) is 4.34. The molecule has 3 rings (SSSR count). The molecule has 2 fully saturated rings. The number of anilines is 1. The number of ether oxygens (including phenoxy) is 2. The molecule has 1 amide bonds. The van der Waals surface area contributed by atoms with Crippen LogP contribution >= 0.6 is 11.6 Å². The van der Waals surface area contributed by atoms with Crippen LogP contribution in [0.25, 0.3) is 0 Å². The van der Waals surface area contributed by atoms with E-state index in [2.05, 4.69) is 5.32 Å². The summed E-state index contributed by atoms with van der Waals surface area (Å²) in [6.07, 6.45) is 2.15. The summed E-state index contributed by atoms with van der Waals surface area (Å²) in [5.41, 5.74) is 1.44. The van der Waals surface area contributed by atoms with E-state index in [0.717, 1.165) is 31.7 Å².